The maximum Gasteiger partial charge on any atom is 0.266 e. The van der Waals surface area contributed by atoms with Crippen LogP contribution in [0.4, 0.5) is 5.95 Å². The van der Waals surface area contributed by atoms with E-state index in [-0.39, 0.29) is 24.7 Å². The van der Waals surface area contributed by atoms with Gasteiger partial charge in [-0.3, -0.25) is 4.79 Å². The van der Waals surface area contributed by atoms with Gasteiger partial charge in [-0.05, 0) is 81.4 Å². The summed E-state index contributed by atoms with van der Waals surface area (Å²) in [5, 5.41) is 16.1. The Hall–Kier alpha value is -2.19. The van der Waals surface area contributed by atoms with Crippen molar-refractivity contribution in [3.63, 3.8) is 0 Å². The van der Waals surface area contributed by atoms with Gasteiger partial charge >= 0.3 is 0 Å². The van der Waals surface area contributed by atoms with Crippen molar-refractivity contribution < 1.29 is 19.2 Å². The number of nitrogens with one attached hydrogen (secondary N) is 1. The number of aliphatic hydroxyl groups is 1. The molecule has 1 aromatic rings. The Morgan fingerprint density at radius 3 is 2.76 bits per heavy atom. The SMILES string of the molecule is CC1=CC(OCCCC2CCN(c3noc(CC4CCC4)n3)CC2)CC=C1C(=O)N[C@H](C)CO. The lowest BCUT2D eigenvalue weighted by atomic mass is 9.83. The van der Waals surface area contributed by atoms with Crippen molar-refractivity contribution in [1.82, 2.24) is 15.5 Å². The second-order valence-electron chi connectivity index (χ2n) is 10.2. The van der Waals surface area contributed by atoms with E-state index in [0.717, 1.165) is 68.7 Å². The zero-order chi connectivity index (χ0) is 23.9. The predicted molar refractivity (Wildman–Crippen MR) is 130 cm³/mol. The maximum absolute atomic E-state index is 12.3. The molecule has 188 valence electrons. The molecule has 2 aliphatic carbocycles. The Kier molecular flexibility index (Phi) is 8.78. The lowest BCUT2D eigenvalue weighted by Gasteiger charge is -2.31. The number of rotatable bonds is 11. The lowest BCUT2D eigenvalue weighted by molar-refractivity contribution is -0.118. The van der Waals surface area contributed by atoms with Gasteiger partial charge in [-0.25, -0.2) is 0 Å². The quantitative estimate of drug-likeness (QED) is 0.475. The molecule has 2 atom stereocenters. The third-order valence-electron chi connectivity index (χ3n) is 7.44. The van der Waals surface area contributed by atoms with Crippen LogP contribution >= 0.6 is 0 Å². The summed E-state index contributed by atoms with van der Waals surface area (Å²) in [6.07, 6.45) is 14.1. The minimum absolute atomic E-state index is 0.0287. The van der Waals surface area contributed by atoms with Gasteiger partial charge in [0.2, 0.25) is 5.89 Å². The van der Waals surface area contributed by atoms with Crippen molar-refractivity contribution in [2.75, 3.05) is 31.2 Å². The Bertz CT molecular complexity index is 868. The van der Waals surface area contributed by atoms with E-state index < -0.39 is 0 Å². The van der Waals surface area contributed by atoms with E-state index in [9.17, 15) is 4.79 Å². The van der Waals surface area contributed by atoms with Gasteiger partial charge in [-0.15, -0.1) is 0 Å². The largest absolute Gasteiger partial charge is 0.394 e. The molecule has 0 radical (unpaired) electrons. The third kappa shape index (κ3) is 6.69. The van der Waals surface area contributed by atoms with Gasteiger partial charge in [-0.1, -0.05) is 18.6 Å². The van der Waals surface area contributed by atoms with E-state index >= 15 is 0 Å². The standard InChI is InChI=1S/C26H40N4O4/c1-18-15-22(8-9-23(18)25(32)27-19(2)17-31)33-14-4-7-20-10-12-30(13-11-20)26-28-24(34-29-26)16-21-5-3-6-21/h9,15,19-22,31H,3-8,10-14,16-17H2,1-2H3,(H,27,32)/t19-,22?/m1/s1. The number of anilines is 1. The molecule has 1 aromatic heterocycles. The molecule has 3 aliphatic rings. The van der Waals surface area contributed by atoms with Crippen LogP contribution < -0.4 is 10.2 Å². The van der Waals surface area contributed by atoms with E-state index in [1.54, 1.807) is 6.92 Å². The van der Waals surface area contributed by atoms with Crippen LogP contribution in [0.1, 0.15) is 71.1 Å². The summed E-state index contributed by atoms with van der Waals surface area (Å²) < 4.78 is 11.6. The molecule has 8 heteroatoms. The highest BCUT2D eigenvalue weighted by atomic mass is 16.5. The summed E-state index contributed by atoms with van der Waals surface area (Å²) in [7, 11) is 0. The van der Waals surface area contributed by atoms with Crippen LogP contribution in [0.25, 0.3) is 0 Å². The van der Waals surface area contributed by atoms with Gasteiger partial charge in [-0.2, -0.15) is 4.98 Å². The molecule has 8 nitrogen and oxygen atoms in total. The molecular formula is C26H40N4O4. The number of hydrogen-bond acceptors (Lipinski definition) is 7. The number of aliphatic hydroxyl groups excluding tert-OH is 1. The van der Waals surface area contributed by atoms with Crippen LogP contribution in [0, 0.1) is 11.8 Å². The van der Waals surface area contributed by atoms with Crippen LogP contribution in [0.5, 0.6) is 0 Å². The minimum atomic E-state index is -0.247. The van der Waals surface area contributed by atoms with E-state index in [1.807, 2.05) is 19.1 Å². The van der Waals surface area contributed by atoms with Crippen molar-refractivity contribution in [3.05, 3.63) is 29.2 Å². The van der Waals surface area contributed by atoms with Gasteiger partial charge in [0.05, 0.1) is 12.7 Å². The number of nitrogens with zero attached hydrogens (tertiary/aromatic N) is 3. The number of carbonyl (C=O) groups is 1. The molecule has 1 saturated carbocycles. The first-order valence-corrected chi connectivity index (χ1v) is 13.0. The van der Waals surface area contributed by atoms with E-state index in [2.05, 4.69) is 20.4 Å². The van der Waals surface area contributed by atoms with Crippen LogP contribution in [0.15, 0.2) is 27.8 Å². The summed E-state index contributed by atoms with van der Waals surface area (Å²) >= 11 is 0. The Balaban J connectivity index is 1.11. The molecule has 1 amide bonds. The van der Waals surface area contributed by atoms with Crippen molar-refractivity contribution in [3.8, 4) is 0 Å². The van der Waals surface area contributed by atoms with Crippen molar-refractivity contribution in [1.29, 1.82) is 0 Å². The van der Waals surface area contributed by atoms with Gasteiger partial charge in [0.25, 0.3) is 11.9 Å². The van der Waals surface area contributed by atoms with E-state index in [4.69, 9.17) is 14.4 Å². The van der Waals surface area contributed by atoms with Crippen LogP contribution in [-0.2, 0) is 16.0 Å². The molecule has 0 aromatic carbocycles. The second kappa shape index (κ2) is 12.0. The third-order valence-corrected chi connectivity index (χ3v) is 7.44. The number of amides is 1. The Morgan fingerprint density at radius 2 is 2.09 bits per heavy atom. The predicted octanol–water partition coefficient (Wildman–Crippen LogP) is 3.57. The topological polar surface area (TPSA) is 101 Å². The number of carbonyl (C=O) groups excluding carboxylic acids is 1. The van der Waals surface area contributed by atoms with Crippen LogP contribution in [0.3, 0.4) is 0 Å². The minimum Gasteiger partial charge on any atom is -0.394 e. The van der Waals surface area contributed by atoms with E-state index in [0.29, 0.717) is 17.9 Å². The number of ether oxygens (including phenoxy) is 1. The summed E-state index contributed by atoms with van der Waals surface area (Å²) in [6.45, 7) is 6.38. The average molecular weight is 473 g/mol. The second-order valence-corrected chi connectivity index (χ2v) is 10.2. The zero-order valence-electron chi connectivity index (χ0n) is 20.7. The molecule has 2 N–H and O–H groups in total. The van der Waals surface area contributed by atoms with Gasteiger partial charge < -0.3 is 24.6 Å². The highest BCUT2D eigenvalue weighted by Crippen LogP contribution is 2.30. The first kappa shape index (κ1) is 24.9. The molecule has 2 fully saturated rings. The summed E-state index contributed by atoms with van der Waals surface area (Å²) in [4.78, 5) is 19.2. The van der Waals surface area contributed by atoms with Crippen molar-refractivity contribution >= 4 is 11.9 Å². The molecule has 2 heterocycles. The number of hydrogen-bond donors (Lipinski definition) is 2. The van der Waals surface area contributed by atoms with Crippen LogP contribution in [-0.4, -0.2) is 59.6 Å². The summed E-state index contributed by atoms with van der Waals surface area (Å²) in [5.41, 5.74) is 1.62. The average Bonchev–Trinajstić information content (AvgIpc) is 3.28. The fraction of sp³-hybridized carbons (Fsp3) is 0.731. The Morgan fingerprint density at radius 1 is 1.29 bits per heavy atom. The van der Waals surface area contributed by atoms with Crippen molar-refractivity contribution in [2.24, 2.45) is 11.8 Å². The highest BCUT2D eigenvalue weighted by molar-refractivity contribution is 5.98. The van der Waals surface area contributed by atoms with E-state index in [1.165, 1.54) is 25.7 Å². The number of aromatic nitrogens is 2. The summed E-state index contributed by atoms with van der Waals surface area (Å²) in [5.74, 6) is 2.90. The Labute approximate surface area is 202 Å². The maximum atomic E-state index is 12.3. The smallest absolute Gasteiger partial charge is 0.266 e. The normalized spacial score (nSPS) is 22.7. The first-order chi connectivity index (χ1) is 16.5. The molecular weight excluding hydrogens is 432 g/mol. The molecule has 0 bridgehead atoms. The monoisotopic (exact) mass is 472 g/mol. The summed E-state index contributed by atoms with van der Waals surface area (Å²) in [6, 6.07) is -0.247. The highest BCUT2D eigenvalue weighted by Gasteiger charge is 2.25. The van der Waals surface area contributed by atoms with Crippen molar-refractivity contribution in [2.45, 2.75) is 83.8 Å². The van der Waals surface area contributed by atoms with Gasteiger partial charge in [0.15, 0.2) is 0 Å². The molecule has 4 rings (SSSR count). The van der Waals surface area contributed by atoms with Gasteiger partial charge in [0.1, 0.15) is 0 Å². The fourth-order valence-corrected chi connectivity index (χ4v) is 5.00. The lowest BCUT2D eigenvalue weighted by Crippen LogP contribution is -2.36. The molecule has 34 heavy (non-hydrogen) atoms. The molecule has 0 spiro atoms. The first-order valence-electron chi connectivity index (χ1n) is 13.0. The molecule has 1 aliphatic heterocycles. The zero-order valence-corrected chi connectivity index (χ0v) is 20.7. The van der Waals surface area contributed by atoms with Crippen LogP contribution in [0.2, 0.25) is 0 Å². The molecule has 1 saturated heterocycles. The van der Waals surface area contributed by atoms with Gasteiger partial charge in [0, 0.05) is 37.7 Å². The number of piperidine rings is 1. The molecule has 1 unspecified atom stereocenters. The fourth-order valence-electron chi connectivity index (χ4n) is 5.00.